The van der Waals surface area contributed by atoms with Crippen LogP contribution in [0.5, 0.6) is 0 Å². The van der Waals surface area contributed by atoms with Crippen LogP contribution in [-0.4, -0.2) is 18.4 Å². The Morgan fingerprint density at radius 2 is 2.29 bits per heavy atom. The van der Waals surface area contributed by atoms with Gasteiger partial charge in [-0.15, -0.1) is 0 Å². The van der Waals surface area contributed by atoms with Gasteiger partial charge >= 0.3 is 0 Å². The minimum absolute atomic E-state index is 0.653. The summed E-state index contributed by atoms with van der Waals surface area (Å²) in [5.41, 5.74) is 0. The Kier molecular flexibility index (Phi) is 4.88. The second-order valence-electron chi connectivity index (χ2n) is 1.67. The van der Waals surface area contributed by atoms with Gasteiger partial charge in [-0.25, -0.2) is 0 Å². The molecule has 0 radical (unpaired) electrons. The number of hydrogen-bond donors (Lipinski definition) is 1. The van der Waals surface area contributed by atoms with Gasteiger partial charge in [0.05, 0.1) is 0 Å². The molecule has 0 aromatic heterocycles. The third-order valence-corrected chi connectivity index (χ3v) is 1.25. The molecular weight excluding hydrogens is 154 g/mol. The van der Waals surface area contributed by atoms with Crippen molar-refractivity contribution >= 4 is 15.9 Å². The lowest BCUT2D eigenvalue weighted by atomic mass is 10.3. The van der Waals surface area contributed by atoms with E-state index in [1.54, 1.807) is 0 Å². The van der Waals surface area contributed by atoms with E-state index in [4.69, 9.17) is 0 Å². The first-order chi connectivity index (χ1) is 3.27. The maximum atomic E-state index is 3.44. The molecule has 2 heteroatoms. The highest BCUT2D eigenvalue weighted by molar-refractivity contribution is 9.09. The highest BCUT2D eigenvalue weighted by atomic mass is 79.9. The fourth-order valence-corrected chi connectivity index (χ4v) is 0.572. The summed E-state index contributed by atoms with van der Waals surface area (Å²) in [6.07, 6.45) is 1.20. The lowest BCUT2D eigenvalue weighted by molar-refractivity contribution is 0.726. The lowest BCUT2D eigenvalue weighted by Crippen LogP contribution is -2.10. The van der Waals surface area contributed by atoms with Crippen molar-refractivity contribution in [1.82, 2.24) is 5.32 Å². The monoisotopic (exact) mass is 165 g/mol. The van der Waals surface area contributed by atoms with Crippen LogP contribution in [0.2, 0.25) is 0 Å². The Bertz CT molecular complexity index is 37.1. The van der Waals surface area contributed by atoms with Gasteiger partial charge in [0.25, 0.3) is 0 Å². The van der Waals surface area contributed by atoms with E-state index >= 15 is 0 Å². The molecule has 0 saturated heterocycles. The number of halogens is 1. The Morgan fingerprint density at radius 3 is 2.43 bits per heavy atom. The molecule has 0 saturated carbocycles. The SMILES string of the molecule is CNCCC(C)Br. The van der Waals surface area contributed by atoms with E-state index < -0.39 is 0 Å². The molecule has 1 unspecified atom stereocenters. The van der Waals surface area contributed by atoms with Gasteiger partial charge in [-0.2, -0.15) is 0 Å². The van der Waals surface area contributed by atoms with E-state index in [-0.39, 0.29) is 0 Å². The molecule has 0 aliphatic rings. The smallest absolute Gasteiger partial charge is 0.0129 e. The molecule has 7 heavy (non-hydrogen) atoms. The molecule has 44 valence electrons. The van der Waals surface area contributed by atoms with Crippen LogP contribution in [0.15, 0.2) is 0 Å². The van der Waals surface area contributed by atoms with Crippen molar-refractivity contribution in [3.8, 4) is 0 Å². The molecule has 1 atom stereocenters. The van der Waals surface area contributed by atoms with Gasteiger partial charge in [0, 0.05) is 4.83 Å². The minimum atomic E-state index is 0.653. The van der Waals surface area contributed by atoms with E-state index in [9.17, 15) is 0 Å². The van der Waals surface area contributed by atoms with Gasteiger partial charge < -0.3 is 5.32 Å². The van der Waals surface area contributed by atoms with Crippen LogP contribution < -0.4 is 5.32 Å². The van der Waals surface area contributed by atoms with E-state index in [0.717, 1.165) is 6.54 Å². The zero-order valence-electron chi connectivity index (χ0n) is 4.87. The topological polar surface area (TPSA) is 12.0 Å². The van der Waals surface area contributed by atoms with Crippen LogP contribution in [0.1, 0.15) is 13.3 Å². The summed E-state index contributed by atoms with van der Waals surface area (Å²) in [7, 11) is 1.97. The third kappa shape index (κ3) is 6.44. The number of rotatable bonds is 3. The molecule has 0 bridgehead atoms. The van der Waals surface area contributed by atoms with Crippen molar-refractivity contribution < 1.29 is 0 Å². The summed E-state index contributed by atoms with van der Waals surface area (Å²) in [4.78, 5) is 0.653. The molecule has 0 spiro atoms. The van der Waals surface area contributed by atoms with Gasteiger partial charge in [0.1, 0.15) is 0 Å². The van der Waals surface area contributed by atoms with E-state index in [0.29, 0.717) is 4.83 Å². The van der Waals surface area contributed by atoms with Crippen molar-refractivity contribution in [2.45, 2.75) is 18.2 Å². The zero-order chi connectivity index (χ0) is 5.70. The van der Waals surface area contributed by atoms with E-state index in [2.05, 4.69) is 28.2 Å². The van der Waals surface area contributed by atoms with E-state index in [1.807, 2.05) is 7.05 Å². The second-order valence-corrected chi connectivity index (χ2v) is 3.24. The van der Waals surface area contributed by atoms with Crippen LogP contribution in [0.4, 0.5) is 0 Å². The van der Waals surface area contributed by atoms with Crippen molar-refractivity contribution in [1.29, 1.82) is 0 Å². The van der Waals surface area contributed by atoms with Gasteiger partial charge in [-0.3, -0.25) is 0 Å². The average Bonchev–Trinajstić information content (AvgIpc) is 1.61. The average molecular weight is 166 g/mol. The van der Waals surface area contributed by atoms with Gasteiger partial charge in [0.15, 0.2) is 0 Å². The van der Waals surface area contributed by atoms with Crippen molar-refractivity contribution in [3.63, 3.8) is 0 Å². The predicted molar refractivity (Wildman–Crippen MR) is 36.9 cm³/mol. The number of nitrogens with one attached hydrogen (secondary N) is 1. The minimum Gasteiger partial charge on any atom is -0.320 e. The first-order valence-electron chi connectivity index (χ1n) is 2.56. The van der Waals surface area contributed by atoms with Crippen LogP contribution in [0, 0.1) is 0 Å². The summed E-state index contributed by atoms with van der Waals surface area (Å²) in [6.45, 7) is 3.25. The third-order valence-electron chi connectivity index (χ3n) is 0.792. The Morgan fingerprint density at radius 1 is 1.71 bits per heavy atom. The molecule has 0 aromatic rings. The summed E-state index contributed by atoms with van der Waals surface area (Å²) < 4.78 is 0. The quantitative estimate of drug-likeness (QED) is 0.624. The molecule has 0 aromatic carbocycles. The standard InChI is InChI=1S/C5H12BrN/c1-5(6)3-4-7-2/h5,7H,3-4H2,1-2H3. The molecule has 1 N–H and O–H groups in total. The maximum absolute atomic E-state index is 3.44. The Balaban J connectivity index is 2.68. The largest absolute Gasteiger partial charge is 0.320 e. The zero-order valence-corrected chi connectivity index (χ0v) is 6.46. The molecule has 1 nitrogen and oxygen atoms in total. The lowest BCUT2D eigenvalue weighted by Gasteiger charge is -1.98. The molecule has 0 fully saturated rings. The van der Waals surface area contributed by atoms with Gasteiger partial charge in [0.2, 0.25) is 0 Å². The van der Waals surface area contributed by atoms with Crippen LogP contribution in [0.3, 0.4) is 0 Å². The van der Waals surface area contributed by atoms with E-state index in [1.165, 1.54) is 6.42 Å². The number of hydrogen-bond acceptors (Lipinski definition) is 1. The van der Waals surface area contributed by atoms with Crippen molar-refractivity contribution in [2.75, 3.05) is 13.6 Å². The normalized spacial score (nSPS) is 14.1. The fourth-order valence-electron chi connectivity index (χ4n) is 0.343. The summed E-state index contributed by atoms with van der Waals surface area (Å²) in [5, 5.41) is 3.07. The van der Waals surface area contributed by atoms with Crippen LogP contribution >= 0.6 is 15.9 Å². The second kappa shape index (κ2) is 4.60. The highest BCUT2D eigenvalue weighted by Gasteiger charge is 1.90. The van der Waals surface area contributed by atoms with Crippen LogP contribution in [-0.2, 0) is 0 Å². The molecule has 0 aliphatic carbocycles. The summed E-state index contributed by atoms with van der Waals surface area (Å²) >= 11 is 3.44. The molecule has 0 rings (SSSR count). The molecule has 0 aliphatic heterocycles. The highest BCUT2D eigenvalue weighted by Crippen LogP contribution is 1.99. The first-order valence-corrected chi connectivity index (χ1v) is 3.47. The summed E-state index contributed by atoms with van der Waals surface area (Å²) in [5.74, 6) is 0. The maximum Gasteiger partial charge on any atom is 0.0129 e. The molecule has 0 heterocycles. The molecular formula is C5H12BrN. The van der Waals surface area contributed by atoms with Crippen LogP contribution in [0.25, 0.3) is 0 Å². The fraction of sp³-hybridized carbons (Fsp3) is 1.00. The summed E-state index contributed by atoms with van der Waals surface area (Å²) in [6, 6.07) is 0. The van der Waals surface area contributed by atoms with Crippen molar-refractivity contribution in [2.24, 2.45) is 0 Å². The van der Waals surface area contributed by atoms with Gasteiger partial charge in [-0.05, 0) is 20.0 Å². The molecule has 0 amide bonds. The Hall–Kier alpha value is 0.440. The first kappa shape index (κ1) is 7.44. The Labute approximate surface area is 53.6 Å². The number of alkyl halides is 1. The van der Waals surface area contributed by atoms with Gasteiger partial charge in [-0.1, -0.05) is 22.9 Å². The predicted octanol–water partition coefficient (Wildman–Crippen LogP) is 1.38. The van der Waals surface area contributed by atoms with Crippen molar-refractivity contribution in [3.05, 3.63) is 0 Å².